The maximum absolute atomic E-state index is 11.7. The highest BCUT2D eigenvalue weighted by molar-refractivity contribution is 7.90. The van der Waals surface area contributed by atoms with Crippen molar-refractivity contribution in [2.75, 3.05) is 17.7 Å². The molecular formula is C23H24N4O4S. The lowest BCUT2D eigenvalue weighted by molar-refractivity contribution is -0.137. The lowest BCUT2D eigenvalue weighted by Crippen LogP contribution is -2.43. The number of sulfone groups is 1. The minimum absolute atomic E-state index is 0.00400. The standard InChI is InChI=1S/C23H24N4O4S/c1-32(30,31)17-9-6-15(7-10-17)20-14-27(25-24-20)16-8-11-22-19(12-23(28)29)18-4-2-3-5-21(18)26(22)13-16/h2-7,9-10,14,16,19,22H,8,11-13H2,1H3,(H,28,29). The van der Waals surface area contributed by atoms with E-state index in [4.69, 9.17) is 0 Å². The maximum Gasteiger partial charge on any atom is 0.304 e. The fraction of sp³-hybridized carbons (Fsp3) is 0.348. The molecular weight excluding hydrogens is 428 g/mol. The van der Waals surface area contributed by atoms with Crippen molar-refractivity contribution in [2.24, 2.45) is 0 Å². The zero-order valence-electron chi connectivity index (χ0n) is 17.6. The zero-order valence-corrected chi connectivity index (χ0v) is 18.4. The highest BCUT2D eigenvalue weighted by atomic mass is 32.2. The van der Waals surface area contributed by atoms with Crippen LogP contribution in [0.2, 0.25) is 0 Å². The van der Waals surface area contributed by atoms with Crippen molar-refractivity contribution in [3.05, 3.63) is 60.3 Å². The Labute approximate surface area is 186 Å². The van der Waals surface area contributed by atoms with Gasteiger partial charge < -0.3 is 10.0 Å². The number of hydrogen-bond donors (Lipinski definition) is 1. The van der Waals surface area contributed by atoms with E-state index in [0.29, 0.717) is 5.69 Å². The highest BCUT2D eigenvalue weighted by Gasteiger charge is 2.43. The molecule has 0 aliphatic carbocycles. The second-order valence-corrected chi connectivity index (χ2v) is 10.6. The average Bonchev–Trinajstić information content (AvgIpc) is 3.37. The van der Waals surface area contributed by atoms with Gasteiger partial charge in [0.05, 0.1) is 23.6 Å². The van der Waals surface area contributed by atoms with Crippen LogP contribution < -0.4 is 4.90 Å². The number of para-hydroxylation sites is 1. The topological polar surface area (TPSA) is 105 Å². The third-order valence-electron chi connectivity index (χ3n) is 6.57. The number of fused-ring (bicyclic) bond motifs is 3. The molecule has 2 aromatic carbocycles. The van der Waals surface area contributed by atoms with Crippen molar-refractivity contribution >= 4 is 21.5 Å². The first-order valence-electron chi connectivity index (χ1n) is 10.6. The first kappa shape index (κ1) is 20.7. The van der Waals surface area contributed by atoms with E-state index in [0.717, 1.165) is 36.2 Å². The highest BCUT2D eigenvalue weighted by Crippen LogP contribution is 2.47. The lowest BCUT2D eigenvalue weighted by Gasteiger charge is -2.38. The maximum atomic E-state index is 11.7. The van der Waals surface area contributed by atoms with Gasteiger partial charge in [-0.1, -0.05) is 35.5 Å². The van der Waals surface area contributed by atoms with Crippen LogP contribution in [-0.2, 0) is 14.6 Å². The Morgan fingerprint density at radius 1 is 1.12 bits per heavy atom. The van der Waals surface area contributed by atoms with E-state index in [-0.39, 0.29) is 29.3 Å². The molecule has 5 rings (SSSR count). The summed E-state index contributed by atoms with van der Waals surface area (Å²) in [5, 5.41) is 18.1. The molecule has 0 radical (unpaired) electrons. The van der Waals surface area contributed by atoms with E-state index in [1.807, 2.05) is 29.1 Å². The number of nitrogens with zero attached hydrogens (tertiary/aromatic N) is 4. The Morgan fingerprint density at radius 2 is 1.88 bits per heavy atom. The van der Waals surface area contributed by atoms with Crippen molar-refractivity contribution in [3.63, 3.8) is 0 Å². The third kappa shape index (κ3) is 3.66. The predicted molar refractivity (Wildman–Crippen MR) is 119 cm³/mol. The molecule has 3 aromatic rings. The molecule has 8 nitrogen and oxygen atoms in total. The number of hydrogen-bond acceptors (Lipinski definition) is 6. The Morgan fingerprint density at radius 3 is 2.59 bits per heavy atom. The van der Waals surface area contributed by atoms with Gasteiger partial charge in [0.25, 0.3) is 0 Å². The van der Waals surface area contributed by atoms with Gasteiger partial charge in [0.15, 0.2) is 9.84 Å². The number of aliphatic carboxylic acids is 1. The van der Waals surface area contributed by atoms with E-state index in [2.05, 4.69) is 21.3 Å². The summed E-state index contributed by atoms with van der Waals surface area (Å²) in [7, 11) is -3.24. The molecule has 0 amide bonds. The van der Waals surface area contributed by atoms with Gasteiger partial charge in [-0.25, -0.2) is 13.1 Å². The molecule has 2 aliphatic rings. The summed E-state index contributed by atoms with van der Waals surface area (Å²) in [5.41, 5.74) is 3.74. The summed E-state index contributed by atoms with van der Waals surface area (Å²) >= 11 is 0. The molecule has 1 aromatic heterocycles. The van der Waals surface area contributed by atoms with Crippen molar-refractivity contribution in [3.8, 4) is 11.3 Å². The number of anilines is 1. The molecule has 1 saturated heterocycles. The van der Waals surface area contributed by atoms with E-state index in [9.17, 15) is 18.3 Å². The number of rotatable bonds is 5. The van der Waals surface area contributed by atoms with Crippen LogP contribution in [0.5, 0.6) is 0 Å². The molecule has 32 heavy (non-hydrogen) atoms. The monoisotopic (exact) mass is 452 g/mol. The molecule has 2 aliphatic heterocycles. The van der Waals surface area contributed by atoms with Crippen LogP contribution >= 0.6 is 0 Å². The number of carbonyl (C=O) groups is 1. The van der Waals surface area contributed by atoms with Gasteiger partial charge in [-0.05, 0) is 36.6 Å². The lowest BCUT2D eigenvalue weighted by atomic mass is 9.86. The van der Waals surface area contributed by atoms with Gasteiger partial charge in [-0.2, -0.15) is 0 Å². The number of benzene rings is 2. The number of carboxylic acid groups (broad SMARTS) is 1. The van der Waals surface area contributed by atoms with Crippen molar-refractivity contribution < 1.29 is 18.3 Å². The van der Waals surface area contributed by atoms with Crippen molar-refractivity contribution in [2.45, 2.75) is 42.2 Å². The van der Waals surface area contributed by atoms with Crippen LogP contribution in [0.25, 0.3) is 11.3 Å². The molecule has 3 heterocycles. The van der Waals surface area contributed by atoms with Crippen LogP contribution in [-0.4, -0.2) is 53.3 Å². The van der Waals surface area contributed by atoms with Crippen LogP contribution in [0.3, 0.4) is 0 Å². The molecule has 3 unspecified atom stereocenters. The molecule has 0 bridgehead atoms. The largest absolute Gasteiger partial charge is 0.481 e. The Bertz CT molecular complexity index is 1270. The summed E-state index contributed by atoms with van der Waals surface area (Å²) in [4.78, 5) is 14.1. The number of carboxylic acids is 1. The van der Waals surface area contributed by atoms with Gasteiger partial charge in [0, 0.05) is 36.0 Å². The van der Waals surface area contributed by atoms with Crippen LogP contribution in [0.15, 0.2) is 59.6 Å². The van der Waals surface area contributed by atoms with Crippen LogP contribution in [0, 0.1) is 0 Å². The smallest absolute Gasteiger partial charge is 0.304 e. The average molecular weight is 453 g/mol. The SMILES string of the molecule is CS(=O)(=O)c1ccc(-c2cn(C3CCC4C(CC(=O)O)c5ccccc5N4C3)nn2)cc1. The van der Waals surface area contributed by atoms with Gasteiger partial charge in [-0.3, -0.25) is 4.79 Å². The molecule has 9 heteroatoms. The Kier molecular flexibility index (Phi) is 5.00. The van der Waals surface area contributed by atoms with E-state index >= 15 is 0 Å². The summed E-state index contributed by atoms with van der Waals surface area (Å²) in [6.07, 6.45) is 5.00. The second kappa shape index (κ2) is 7.74. The van der Waals surface area contributed by atoms with Gasteiger partial charge >= 0.3 is 5.97 Å². The summed E-state index contributed by atoms with van der Waals surface area (Å²) in [6, 6.07) is 15.1. The summed E-state index contributed by atoms with van der Waals surface area (Å²) in [5.74, 6) is -0.763. The number of piperidine rings is 1. The first-order chi connectivity index (χ1) is 15.3. The minimum Gasteiger partial charge on any atom is -0.481 e. The Hall–Kier alpha value is -3.20. The quantitative estimate of drug-likeness (QED) is 0.634. The summed E-state index contributed by atoms with van der Waals surface area (Å²) in [6.45, 7) is 0.744. The first-order valence-corrected chi connectivity index (χ1v) is 12.5. The zero-order chi connectivity index (χ0) is 22.5. The Balaban J connectivity index is 1.37. The van der Waals surface area contributed by atoms with Crippen molar-refractivity contribution in [1.82, 2.24) is 15.0 Å². The van der Waals surface area contributed by atoms with Gasteiger partial charge in [0.1, 0.15) is 5.69 Å². The normalized spacial score (nSPS) is 22.4. The molecule has 0 saturated carbocycles. The molecule has 166 valence electrons. The third-order valence-corrected chi connectivity index (χ3v) is 7.70. The molecule has 1 fully saturated rings. The fourth-order valence-corrected chi connectivity index (χ4v) is 5.68. The van der Waals surface area contributed by atoms with E-state index in [1.54, 1.807) is 24.3 Å². The van der Waals surface area contributed by atoms with Crippen LogP contribution in [0.4, 0.5) is 5.69 Å². The van der Waals surface area contributed by atoms with Crippen LogP contribution in [0.1, 0.15) is 36.8 Å². The second-order valence-electron chi connectivity index (χ2n) is 8.59. The minimum atomic E-state index is -3.24. The van der Waals surface area contributed by atoms with Crippen molar-refractivity contribution in [1.29, 1.82) is 0 Å². The number of aromatic nitrogens is 3. The fourth-order valence-electron chi connectivity index (χ4n) is 5.05. The molecule has 3 atom stereocenters. The van der Waals surface area contributed by atoms with E-state index in [1.165, 1.54) is 6.26 Å². The van der Waals surface area contributed by atoms with Gasteiger partial charge in [0.2, 0.25) is 0 Å². The molecule has 1 N–H and O–H groups in total. The molecule has 0 spiro atoms. The predicted octanol–water partition coefficient (Wildman–Crippen LogP) is 3.13. The summed E-state index contributed by atoms with van der Waals surface area (Å²) < 4.78 is 25.2. The van der Waals surface area contributed by atoms with Gasteiger partial charge in [-0.15, -0.1) is 5.10 Å². The van der Waals surface area contributed by atoms with E-state index < -0.39 is 15.8 Å².